The lowest BCUT2D eigenvalue weighted by Gasteiger charge is -2.14. The van der Waals surface area contributed by atoms with Crippen LogP contribution >= 0.6 is 0 Å². The molecule has 3 heteroatoms. The Morgan fingerprint density at radius 1 is 1.53 bits per heavy atom. The van der Waals surface area contributed by atoms with Gasteiger partial charge in [0.05, 0.1) is 5.92 Å². The first-order valence-corrected chi connectivity index (χ1v) is 5.79. The van der Waals surface area contributed by atoms with Crippen LogP contribution in [0.5, 0.6) is 0 Å². The molecule has 1 aliphatic rings. The molecule has 1 saturated heterocycles. The van der Waals surface area contributed by atoms with E-state index >= 15 is 0 Å². The molecule has 0 bridgehead atoms. The van der Waals surface area contributed by atoms with Gasteiger partial charge in [0, 0.05) is 17.8 Å². The van der Waals surface area contributed by atoms with Gasteiger partial charge in [0.1, 0.15) is 0 Å². The Morgan fingerprint density at radius 2 is 2.35 bits per heavy atom. The molecule has 17 heavy (non-hydrogen) atoms. The van der Waals surface area contributed by atoms with Gasteiger partial charge in [-0.2, -0.15) is 0 Å². The van der Waals surface area contributed by atoms with Gasteiger partial charge in [-0.25, -0.2) is 0 Å². The quantitative estimate of drug-likeness (QED) is 0.752. The van der Waals surface area contributed by atoms with Crippen molar-refractivity contribution in [3.8, 4) is 12.3 Å². The van der Waals surface area contributed by atoms with E-state index in [0.29, 0.717) is 5.92 Å². The van der Waals surface area contributed by atoms with Gasteiger partial charge in [-0.05, 0) is 30.7 Å². The molecule has 0 aromatic heterocycles. The molecular formula is C14H16N2O. The zero-order valence-corrected chi connectivity index (χ0v) is 9.86. The third-order valence-corrected chi connectivity index (χ3v) is 3.15. The lowest BCUT2D eigenvalue weighted by Crippen LogP contribution is -2.27. The minimum atomic E-state index is 0.0458. The fourth-order valence-corrected chi connectivity index (χ4v) is 2.08. The van der Waals surface area contributed by atoms with Crippen LogP contribution in [0.25, 0.3) is 0 Å². The molecular weight excluding hydrogens is 212 g/mol. The van der Waals surface area contributed by atoms with E-state index < -0.39 is 0 Å². The smallest absolute Gasteiger partial charge is 0.229 e. The fourth-order valence-electron chi connectivity index (χ4n) is 2.08. The molecule has 1 aromatic carbocycles. The Balaban J connectivity index is 2.05. The van der Waals surface area contributed by atoms with E-state index in [-0.39, 0.29) is 11.8 Å². The molecule has 0 aliphatic carbocycles. The van der Waals surface area contributed by atoms with Crippen molar-refractivity contribution in [3.05, 3.63) is 29.8 Å². The van der Waals surface area contributed by atoms with Crippen molar-refractivity contribution in [1.82, 2.24) is 5.32 Å². The molecule has 2 N–H and O–H groups in total. The average molecular weight is 228 g/mol. The lowest BCUT2D eigenvalue weighted by atomic mass is 9.97. The van der Waals surface area contributed by atoms with Crippen molar-refractivity contribution in [3.63, 3.8) is 0 Å². The Labute approximate surface area is 102 Å². The summed E-state index contributed by atoms with van der Waals surface area (Å²) in [6, 6.07) is 7.35. The van der Waals surface area contributed by atoms with Crippen LogP contribution in [0.3, 0.4) is 0 Å². The van der Waals surface area contributed by atoms with Gasteiger partial charge in [-0.15, -0.1) is 6.42 Å². The highest BCUT2D eigenvalue weighted by atomic mass is 16.1. The number of anilines is 1. The molecule has 0 radical (unpaired) electrons. The summed E-state index contributed by atoms with van der Waals surface area (Å²) >= 11 is 0. The van der Waals surface area contributed by atoms with E-state index in [0.717, 1.165) is 24.3 Å². The summed E-state index contributed by atoms with van der Waals surface area (Å²) in [6.45, 7) is 3.74. The number of carbonyl (C=O) groups excluding carboxylic acids is 1. The number of amides is 1. The second kappa shape index (κ2) is 5.03. The minimum Gasteiger partial charge on any atom is -0.326 e. The van der Waals surface area contributed by atoms with Crippen LogP contribution in [0.15, 0.2) is 24.3 Å². The lowest BCUT2D eigenvalue weighted by molar-refractivity contribution is -0.120. The topological polar surface area (TPSA) is 41.1 Å². The van der Waals surface area contributed by atoms with Crippen molar-refractivity contribution in [1.29, 1.82) is 0 Å². The third-order valence-electron chi connectivity index (χ3n) is 3.15. The number of hydrogen-bond acceptors (Lipinski definition) is 2. The van der Waals surface area contributed by atoms with E-state index in [2.05, 4.69) is 23.5 Å². The summed E-state index contributed by atoms with van der Waals surface area (Å²) < 4.78 is 0. The molecule has 88 valence electrons. The third kappa shape index (κ3) is 2.66. The van der Waals surface area contributed by atoms with Gasteiger partial charge in [-0.3, -0.25) is 4.79 Å². The Hall–Kier alpha value is -1.79. The summed E-state index contributed by atoms with van der Waals surface area (Å²) in [6.07, 6.45) is 5.32. The molecule has 1 amide bonds. The fraction of sp³-hybridized carbons (Fsp3) is 0.357. The molecule has 1 heterocycles. The summed E-state index contributed by atoms with van der Waals surface area (Å²) in [5.74, 6) is 3.05. The number of carbonyl (C=O) groups is 1. The first-order chi connectivity index (χ1) is 8.20. The molecule has 1 aromatic rings. The van der Waals surface area contributed by atoms with E-state index in [4.69, 9.17) is 6.42 Å². The van der Waals surface area contributed by atoms with Crippen LogP contribution < -0.4 is 10.6 Å². The van der Waals surface area contributed by atoms with E-state index in [9.17, 15) is 4.79 Å². The molecule has 3 nitrogen and oxygen atoms in total. The molecule has 1 fully saturated rings. The molecule has 0 spiro atoms. The van der Waals surface area contributed by atoms with Gasteiger partial charge >= 0.3 is 0 Å². The first kappa shape index (κ1) is 11.7. The van der Waals surface area contributed by atoms with Gasteiger partial charge in [0.2, 0.25) is 5.91 Å². The number of nitrogens with one attached hydrogen (secondary N) is 2. The Kier molecular flexibility index (Phi) is 3.46. The number of benzene rings is 1. The second-order valence-electron chi connectivity index (χ2n) is 4.46. The van der Waals surface area contributed by atoms with Crippen molar-refractivity contribution >= 4 is 11.6 Å². The van der Waals surface area contributed by atoms with Crippen LogP contribution in [-0.2, 0) is 4.79 Å². The predicted octanol–water partition coefficient (Wildman–Crippen LogP) is 1.46. The van der Waals surface area contributed by atoms with Gasteiger partial charge in [0.15, 0.2) is 0 Å². The SMILES string of the molecule is C#Cc1cccc(NC(=O)[C@@H]2CNC[C@H]2C)c1. The molecule has 1 aliphatic heterocycles. The van der Waals surface area contributed by atoms with Crippen LogP contribution in [0.4, 0.5) is 5.69 Å². The van der Waals surface area contributed by atoms with Crippen molar-refractivity contribution in [2.75, 3.05) is 18.4 Å². The minimum absolute atomic E-state index is 0.0458. The van der Waals surface area contributed by atoms with E-state index in [1.54, 1.807) is 0 Å². The summed E-state index contributed by atoms with van der Waals surface area (Å²) in [4.78, 5) is 12.0. The molecule has 2 atom stereocenters. The standard InChI is InChI=1S/C14H16N2O/c1-3-11-5-4-6-12(7-11)16-14(17)13-9-15-8-10(13)2/h1,4-7,10,13,15H,8-9H2,2H3,(H,16,17)/t10-,13-/m1/s1. The van der Waals surface area contributed by atoms with Gasteiger partial charge < -0.3 is 10.6 Å². The Bertz CT molecular complexity index is 462. The molecule has 0 saturated carbocycles. The van der Waals surface area contributed by atoms with Gasteiger partial charge in [-0.1, -0.05) is 18.9 Å². The van der Waals surface area contributed by atoms with Crippen LogP contribution in [-0.4, -0.2) is 19.0 Å². The van der Waals surface area contributed by atoms with Gasteiger partial charge in [0.25, 0.3) is 0 Å². The number of terminal acetylenes is 1. The zero-order chi connectivity index (χ0) is 12.3. The van der Waals surface area contributed by atoms with Crippen molar-refractivity contribution in [2.45, 2.75) is 6.92 Å². The maximum absolute atomic E-state index is 12.0. The summed E-state index contributed by atoms with van der Waals surface area (Å²) in [5.41, 5.74) is 1.55. The maximum Gasteiger partial charge on any atom is 0.229 e. The highest BCUT2D eigenvalue weighted by Crippen LogP contribution is 2.18. The number of rotatable bonds is 2. The van der Waals surface area contributed by atoms with Crippen LogP contribution in [0.1, 0.15) is 12.5 Å². The average Bonchev–Trinajstić information content (AvgIpc) is 2.76. The number of hydrogen-bond donors (Lipinski definition) is 2. The van der Waals surface area contributed by atoms with Crippen molar-refractivity contribution < 1.29 is 4.79 Å². The van der Waals surface area contributed by atoms with Crippen LogP contribution in [0.2, 0.25) is 0 Å². The highest BCUT2D eigenvalue weighted by molar-refractivity contribution is 5.93. The monoisotopic (exact) mass is 228 g/mol. The summed E-state index contributed by atoms with van der Waals surface area (Å²) in [7, 11) is 0. The van der Waals surface area contributed by atoms with E-state index in [1.165, 1.54) is 0 Å². The van der Waals surface area contributed by atoms with Crippen molar-refractivity contribution in [2.24, 2.45) is 11.8 Å². The first-order valence-electron chi connectivity index (χ1n) is 5.79. The summed E-state index contributed by atoms with van der Waals surface area (Å²) in [5, 5.41) is 6.13. The highest BCUT2D eigenvalue weighted by Gasteiger charge is 2.29. The normalized spacial score (nSPS) is 23.1. The second-order valence-corrected chi connectivity index (χ2v) is 4.46. The van der Waals surface area contributed by atoms with Crippen LogP contribution in [0, 0.1) is 24.2 Å². The Morgan fingerprint density at radius 3 is 3.00 bits per heavy atom. The van der Waals surface area contributed by atoms with E-state index in [1.807, 2.05) is 24.3 Å². The predicted molar refractivity (Wildman–Crippen MR) is 68.5 cm³/mol. The molecule has 2 rings (SSSR count). The molecule has 0 unspecified atom stereocenters. The zero-order valence-electron chi connectivity index (χ0n) is 9.86. The largest absolute Gasteiger partial charge is 0.326 e. The maximum atomic E-state index is 12.0.